The topological polar surface area (TPSA) is 42.1 Å². The summed E-state index contributed by atoms with van der Waals surface area (Å²) in [6, 6.07) is 11.8. The summed E-state index contributed by atoms with van der Waals surface area (Å²) in [6.07, 6.45) is 1.83. The summed E-state index contributed by atoms with van der Waals surface area (Å²) in [5.74, 6) is 0. The number of anilines is 1. The van der Waals surface area contributed by atoms with E-state index in [1.165, 1.54) is 0 Å². The van der Waals surface area contributed by atoms with Crippen LogP contribution in [0.15, 0.2) is 42.6 Å². The smallest absolute Gasteiger partial charge is 0.0553 e. The largest absolute Gasteiger partial charge is 0.369 e. The van der Waals surface area contributed by atoms with Gasteiger partial charge in [-0.25, -0.2) is 0 Å². The second-order valence-electron chi connectivity index (χ2n) is 4.16. The molecule has 4 heteroatoms. The highest BCUT2D eigenvalue weighted by molar-refractivity contribution is 6.31. The minimum atomic E-state index is 0.467. The summed E-state index contributed by atoms with van der Waals surface area (Å²) in [7, 11) is 2.02. The Bertz CT molecular complexity index is 511. The Kier molecular flexibility index (Phi) is 4.18. The maximum absolute atomic E-state index is 6.14. The van der Waals surface area contributed by atoms with Crippen molar-refractivity contribution < 1.29 is 0 Å². The molecule has 0 radical (unpaired) electrons. The number of aromatic nitrogens is 1. The van der Waals surface area contributed by atoms with Gasteiger partial charge in [0.15, 0.2) is 0 Å². The highest BCUT2D eigenvalue weighted by Crippen LogP contribution is 2.20. The zero-order chi connectivity index (χ0) is 13.0. The minimum absolute atomic E-state index is 0.467. The fraction of sp³-hybridized carbons (Fsp3) is 0.214. The first kappa shape index (κ1) is 12.9. The van der Waals surface area contributed by atoms with Crippen molar-refractivity contribution in [3.8, 4) is 0 Å². The Morgan fingerprint density at radius 3 is 2.61 bits per heavy atom. The molecule has 94 valence electrons. The Morgan fingerprint density at radius 2 is 2.00 bits per heavy atom. The minimum Gasteiger partial charge on any atom is -0.369 e. The molecule has 0 atom stereocenters. The van der Waals surface area contributed by atoms with Crippen molar-refractivity contribution >= 4 is 17.3 Å². The Labute approximate surface area is 112 Å². The van der Waals surface area contributed by atoms with E-state index in [0.29, 0.717) is 6.54 Å². The van der Waals surface area contributed by atoms with Gasteiger partial charge in [-0.05, 0) is 23.8 Å². The lowest BCUT2D eigenvalue weighted by Crippen LogP contribution is -2.17. The molecule has 1 heterocycles. The van der Waals surface area contributed by atoms with Crippen molar-refractivity contribution in [1.29, 1.82) is 0 Å². The summed E-state index contributed by atoms with van der Waals surface area (Å²) in [5.41, 5.74) is 8.57. The van der Waals surface area contributed by atoms with Crippen LogP contribution in [0.25, 0.3) is 0 Å². The highest BCUT2D eigenvalue weighted by Gasteiger charge is 2.05. The average molecular weight is 262 g/mol. The summed E-state index contributed by atoms with van der Waals surface area (Å²) in [5, 5.41) is 0.788. The number of pyridine rings is 1. The molecule has 0 fully saturated rings. The molecule has 0 amide bonds. The van der Waals surface area contributed by atoms with E-state index in [1.54, 1.807) is 0 Å². The summed E-state index contributed by atoms with van der Waals surface area (Å²) < 4.78 is 0. The van der Waals surface area contributed by atoms with Crippen molar-refractivity contribution in [2.45, 2.75) is 13.1 Å². The third-order valence-electron chi connectivity index (χ3n) is 2.82. The van der Waals surface area contributed by atoms with E-state index in [4.69, 9.17) is 17.3 Å². The number of hydrogen-bond acceptors (Lipinski definition) is 3. The van der Waals surface area contributed by atoms with E-state index in [2.05, 4.69) is 9.88 Å². The van der Waals surface area contributed by atoms with E-state index in [1.807, 2.05) is 49.6 Å². The fourth-order valence-electron chi connectivity index (χ4n) is 1.74. The quantitative estimate of drug-likeness (QED) is 0.920. The normalized spacial score (nSPS) is 10.4. The van der Waals surface area contributed by atoms with Gasteiger partial charge in [0.05, 0.1) is 17.6 Å². The van der Waals surface area contributed by atoms with E-state index in [9.17, 15) is 0 Å². The molecule has 0 aliphatic heterocycles. The Balaban J connectivity index is 2.11. The third-order valence-corrected chi connectivity index (χ3v) is 3.19. The van der Waals surface area contributed by atoms with Crippen LogP contribution in [0.3, 0.4) is 0 Å². The van der Waals surface area contributed by atoms with Gasteiger partial charge >= 0.3 is 0 Å². The van der Waals surface area contributed by atoms with Crippen LogP contribution >= 0.6 is 11.6 Å². The van der Waals surface area contributed by atoms with E-state index >= 15 is 0 Å². The standard InChI is InChI=1S/C14H16ClN3/c1-18(10-11-4-2-3-5-14(11)15)13-7-6-12(8-16)17-9-13/h2-7,9H,8,10,16H2,1H3. The van der Waals surface area contributed by atoms with Crippen molar-refractivity contribution in [3.05, 3.63) is 58.9 Å². The van der Waals surface area contributed by atoms with E-state index in [0.717, 1.165) is 28.5 Å². The zero-order valence-corrected chi connectivity index (χ0v) is 11.1. The molecule has 2 rings (SSSR count). The Morgan fingerprint density at radius 1 is 1.22 bits per heavy atom. The van der Waals surface area contributed by atoms with Gasteiger partial charge in [0.2, 0.25) is 0 Å². The average Bonchev–Trinajstić information content (AvgIpc) is 2.41. The number of nitrogens with two attached hydrogens (primary N) is 1. The molecule has 2 aromatic rings. The Hall–Kier alpha value is -1.58. The van der Waals surface area contributed by atoms with Crippen LogP contribution in [0.1, 0.15) is 11.3 Å². The molecule has 0 saturated carbocycles. The van der Waals surface area contributed by atoms with Gasteiger partial charge < -0.3 is 10.6 Å². The first-order valence-electron chi connectivity index (χ1n) is 5.80. The molecule has 0 saturated heterocycles. The van der Waals surface area contributed by atoms with E-state index < -0.39 is 0 Å². The molecule has 0 spiro atoms. The number of benzene rings is 1. The first-order valence-corrected chi connectivity index (χ1v) is 6.18. The third kappa shape index (κ3) is 3.00. The number of hydrogen-bond donors (Lipinski definition) is 1. The molecular formula is C14H16ClN3. The second-order valence-corrected chi connectivity index (χ2v) is 4.57. The maximum Gasteiger partial charge on any atom is 0.0553 e. The molecular weight excluding hydrogens is 246 g/mol. The van der Waals surface area contributed by atoms with Gasteiger partial charge in [0.25, 0.3) is 0 Å². The molecule has 3 nitrogen and oxygen atoms in total. The lowest BCUT2D eigenvalue weighted by Gasteiger charge is -2.19. The van der Waals surface area contributed by atoms with Crippen LogP contribution in [0.5, 0.6) is 0 Å². The maximum atomic E-state index is 6.14. The first-order chi connectivity index (χ1) is 8.70. The van der Waals surface area contributed by atoms with Gasteiger partial charge in [-0.2, -0.15) is 0 Å². The number of nitrogens with zero attached hydrogens (tertiary/aromatic N) is 2. The van der Waals surface area contributed by atoms with Crippen LogP contribution in [-0.2, 0) is 13.1 Å². The molecule has 0 aliphatic rings. The van der Waals surface area contributed by atoms with Gasteiger partial charge in [-0.15, -0.1) is 0 Å². The van der Waals surface area contributed by atoms with Crippen LogP contribution in [0.4, 0.5) is 5.69 Å². The highest BCUT2D eigenvalue weighted by atomic mass is 35.5. The van der Waals surface area contributed by atoms with Crippen molar-refractivity contribution in [2.75, 3.05) is 11.9 Å². The number of halogens is 1. The lowest BCUT2D eigenvalue weighted by atomic mass is 10.2. The van der Waals surface area contributed by atoms with Gasteiger partial charge in [0, 0.05) is 25.2 Å². The zero-order valence-electron chi connectivity index (χ0n) is 10.3. The molecule has 18 heavy (non-hydrogen) atoms. The lowest BCUT2D eigenvalue weighted by molar-refractivity contribution is 0.908. The molecule has 0 aliphatic carbocycles. The molecule has 0 unspecified atom stereocenters. The van der Waals surface area contributed by atoms with Crippen LogP contribution in [0.2, 0.25) is 5.02 Å². The molecule has 0 bridgehead atoms. The second kappa shape index (κ2) is 5.85. The van der Waals surface area contributed by atoms with E-state index in [-0.39, 0.29) is 0 Å². The van der Waals surface area contributed by atoms with Crippen molar-refractivity contribution in [2.24, 2.45) is 5.73 Å². The predicted octanol–water partition coefficient (Wildman–Crippen LogP) is 2.83. The molecule has 1 aromatic carbocycles. The molecule has 1 aromatic heterocycles. The van der Waals surface area contributed by atoms with Gasteiger partial charge in [-0.1, -0.05) is 29.8 Å². The van der Waals surface area contributed by atoms with Crippen LogP contribution in [-0.4, -0.2) is 12.0 Å². The van der Waals surface area contributed by atoms with Crippen LogP contribution < -0.4 is 10.6 Å². The summed E-state index contributed by atoms with van der Waals surface area (Å²) in [6.45, 7) is 1.22. The van der Waals surface area contributed by atoms with Crippen LogP contribution in [0, 0.1) is 0 Å². The van der Waals surface area contributed by atoms with Gasteiger partial charge in [0.1, 0.15) is 0 Å². The molecule has 2 N–H and O–H groups in total. The number of rotatable bonds is 4. The predicted molar refractivity (Wildman–Crippen MR) is 75.7 cm³/mol. The fourth-order valence-corrected chi connectivity index (χ4v) is 1.93. The van der Waals surface area contributed by atoms with Crippen molar-refractivity contribution in [3.63, 3.8) is 0 Å². The summed E-state index contributed by atoms with van der Waals surface area (Å²) >= 11 is 6.14. The van der Waals surface area contributed by atoms with Crippen molar-refractivity contribution in [1.82, 2.24) is 4.98 Å². The monoisotopic (exact) mass is 261 g/mol. The summed E-state index contributed by atoms with van der Waals surface area (Å²) in [4.78, 5) is 6.39. The van der Waals surface area contributed by atoms with Gasteiger partial charge in [-0.3, -0.25) is 4.98 Å². The SMILES string of the molecule is CN(Cc1ccccc1Cl)c1ccc(CN)nc1.